The van der Waals surface area contributed by atoms with E-state index in [2.05, 4.69) is 179 Å². The van der Waals surface area contributed by atoms with E-state index in [9.17, 15) is 0 Å². The molecule has 3 nitrogen and oxygen atoms in total. The molecule has 250 valence electrons. The summed E-state index contributed by atoms with van der Waals surface area (Å²) in [5.74, 6) is 0. The number of fused-ring (bicyclic) bond motifs is 9. The summed E-state index contributed by atoms with van der Waals surface area (Å²) in [4.78, 5) is 2.34. The average Bonchev–Trinajstić information content (AvgIpc) is 3.77. The Morgan fingerprint density at radius 3 is 2.04 bits per heavy atom. The molecule has 0 atom stereocenters. The molecular weight excluding hydrogens is 645 g/mol. The van der Waals surface area contributed by atoms with Crippen molar-refractivity contribution in [2.75, 3.05) is 4.90 Å². The Morgan fingerprint density at radius 2 is 1.17 bits per heavy atom. The number of allylic oxidation sites excluding steroid dienone is 1. The van der Waals surface area contributed by atoms with Crippen LogP contribution in [-0.2, 0) is 6.42 Å². The summed E-state index contributed by atoms with van der Waals surface area (Å²) in [6.45, 7) is 0. The summed E-state index contributed by atoms with van der Waals surface area (Å²) in [6, 6.07) is 63.6. The molecule has 0 N–H and O–H groups in total. The van der Waals surface area contributed by atoms with Gasteiger partial charge in [-0.2, -0.15) is 0 Å². The Morgan fingerprint density at radius 1 is 0.491 bits per heavy atom. The standard InChI is InChI=1S/C50H34N2O/c1-3-13-40-33(10-1)12-9-17-41(40)35-20-23-36(24-21-35)51(39-29-30-44-43-15-6-8-19-48(43)53-49(44)32-39)37-25-27-38(28-26-37)52-46-18-7-5-16-45(46)50-42-14-4-2-11-34(42)22-31-47(50)52/h1-8,10-11,13-32H,9,12H2. The van der Waals surface area contributed by atoms with Gasteiger partial charge in [-0.1, -0.05) is 109 Å². The van der Waals surface area contributed by atoms with Crippen molar-refractivity contribution < 1.29 is 4.42 Å². The van der Waals surface area contributed by atoms with E-state index in [1.54, 1.807) is 0 Å². The van der Waals surface area contributed by atoms with Crippen molar-refractivity contribution in [1.82, 2.24) is 4.57 Å². The van der Waals surface area contributed by atoms with Crippen molar-refractivity contribution in [2.24, 2.45) is 0 Å². The van der Waals surface area contributed by atoms with E-state index in [1.807, 2.05) is 12.1 Å². The fourth-order valence-electron chi connectivity index (χ4n) is 8.62. The third-order valence-electron chi connectivity index (χ3n) is 11.1. The second-order valence-corrected chi connectivity index (χ2v) is 14.0. The molecule has 10 aromatic rings. The number of benzene rings is 8. The topological polar surface area (TPSA) is 21.3 Å². The molecule has 0 fully saturated rings. The molecule has 0 spiro atoms. The highest BCUT2D eigenvalue weighted by atomic mass is 16.3. The molecule has 0 amide bonds. The van der Waals surface area contributed by atoms with Crippen LogP contribution >= 0.6 is 0 Å². The van der Waals surface area contributed by atoms with E-state index in [1.165, 1.54) is 54.8 Å². The van der Waals surface area contributed by atoms with Crippen LogP contribution < -0.4 is 4.90 Å². The second kappa shape index (κ2) is 11.9. The van der Waals surface area contributed by atoms with Crippen LogP contribution in [-0.4, -0.2) is 4.57 Å². The van der Waals surface area contributed by atoms with Gasteiger partial charge in [-0.15, -0.1) is 0 Å². The minimum atomic E-state index is 0.878. The summed E-state index contributed by atoms with van der Waals surface area (Å²) in [5.41, 5.74) is 13.8. The van der Waals surface area contributed by atoms with Crippen LogP contribution in [0.15, 0.2) is 186 Å². The number of aromatic nitrogens is 1. The predicted molar refractivity (Wildman–Crippen MR) is 222 cm³/mol. The Labute approximate surface area is 307 Å². The first kappa shape index (κ1) is 29.8. The molecule has 0 radical (unpaired) electrons. The molecule has 0 aliphatic heterocycles. The third kappa shape index (κ3) is 4.74. The van der Waals surface area contributed by atoms with Gasteiger partial charge >= 0.3 is 0 Å². The molecule has 8 aromatic carbocycles. The Hall–Kier alpha value is -6.84. The van der Waals surface area contributed by atoms with Crippen LogP contribution in [0.3, 0.4) is 0 Å². The molecule has 53 heavy (non-hydrogen) atoms. The molecule has 0 bridgehead atoms. The van der Waals surface area contributed by atoms with Gasteiger partial charge in [0.15, 0.2) is 0 Å². The highest BCUT2D eigenvalue weighted by molar-refractivity contribution is 6.21. The molecular formula is C50H34N2O. The number of aryl methyl sites for hydroxylation is 1. The molecule has 11 rings (SSSR count). The summed E-state index contributed by atoms with van der Waals surface area (Å²) in [5, 5.41) is 7.34. The van der Waals surface area contributed by atoms with Crippen molar-refractivity contribution in [1.29, 1.82) is 0 Å². The normalized spacial score (nSPS) is 12.9. The van der Waals surface area contributed by atoms with Crippen molar-refractivity contribution in [2.45, 2.75) is 12.8 Å². The van der Waals surface area contributed by atoms with Crippen LogP contribution in [0.1, 0.15) is 23.1 Å². The molecule has 1 aliphatic rings. The number of hydrogen-bond acceptors (Lipinski definition) is 2. The minimum absolute atomic E-state index is 0.878. The van der Waals surface area contributed by atoms with Crippen LogP contribution in [0.4, 0.5) is 17.1 Å². The lowest BCUT2D eigenvalue weighted by Crippen LogP contribution is -2.10. The van der Waals surface area contributed by atoms with Crippen LogP contribution in [0.2, 0.25) is 0 Å². The summed E-state index contributed by atoms with van der Waals surface area (Å²) < 4.78 is 8.79. The number of anilines is 3. The van der Waals surface area contributed by atoms with Gasteiger partial charge in [0.2, 0.25) is 0 Å². The molecule has 1 aliphatic carbocycles. The highest BCUT2D eigenvalue weighted by Gasteiger charge is 2.19. The van der Waals surface area contributed by atoms with Gasteiger partial charge in [0, 0.05) is 50.4 Å². The predicted octanol–water partition coefficient (Wildman–Crippen LogP) is 13.7. The Kier molecular flexibility index (Phi) is 6.68. The van der Waals surface area contributed by atoms with Gasteiger partial charge in [-0.3, -0.25) is 0 Å². The number of furan rings is 1. The maximum atomic E-state index is 6.39. The number of rotatable bonds is 5. The minimum Gasteiger partial charge on any atom is -0.456 e. The van der Waals surface area contributed by atoms with E-state index >= 15 is 0 Å². The van der Waals surface area contributed by atoms with Gasteiger partial charge in [-0.25, -0.2) is 0 Å². The number of hydrogen-bond donors (Lipinski definition) is 0. The lowest BCUT2D eigenvalue weighted by molar-refractivity contribution is 0.669. The number of para-hydroxylation sites is 2. The van der Waals surface area contributed by atoms with Gasteiger partial charge in [0.05, 0.1) is 11.0 Å². The summed E-state index contributed by atoms with van der Waals surface area (Å²) >= 11 is 0. The van der Waals surface area contributed by atoms with Gasteiger partial charge in [0.25, 0.3) is 0 Å². The van der Waals surface area contributed by atoms with Gasteiger partial charge < -0.3 is 13.9 Å². The Balaban J connectivity index is 1.05. The monoisotopic (exact) mass is 678 g/mol. The average molecular weight is 679 g/mol. The van der Waals surface area contributed by atoms with E-state index in [0.717, 1.165) is 57.5 Å². The second-order valence-electron chi connectivity index (χ2n) is 14.0. The van der Waals surface area contributed by atoms with E-state index in [4.69, 9.17) is 4.42 Å². The van der Waals surface area contributed by atoms with Gasteiger partial charge in [-0.05, 0) is 113 Å². The molecule has 2 aromatic heterocycles. The molecule has 2 heterocycles. The van der Waals surface area contributed by atoms with Crippen LogP contribution in [0.5, 0.6) is 0 Å². The molecule has 3 heteroatoms. The first-order valence-electron chi connectivity index (χ1n) is 18.4. The van der Waals surface area contributed by atoms with Crippen LogP contribution in [0, 0.1) is 0 Å². The SMILES string of the molecule is C1=C(c2ccc(N(c3ccc(-n4c5ccccc5c5c6ccccc6ccc54)cc3)c3ccc4c(c3)oc3ccccc34)cc2)c2ccccc2CC1. The first-order valence-corrected chi connectivity index (χ1v) is 18.4. The van der Waals surface area contributed by atoms with Crippen molar-refractivity contribution >= 4 is 77.2 Å². The molecule has 0 unspecified atom stereocenters. The maximum absolute atomic E-state index is 6.39. The fraction of sp³-hybridized carbons (Fsp3) is 0.0400. The number of nitrogens with zero attached hydrogens (tertiary/aromatic N) is 2. The zero-order valence-electron chi connectivity index (χ0n) is 29.0. The van der Waals surface area contributed by atoms with E-state index in [0.29, 0.717) is 0 Å². The first-order chi connectivity index (χ1) is 26.3. The largest absolute Gasteiger partial charge is 0.456 e. The smallest absolute Gasteiger partial charge is 0.137 e. The lowest BCUT2D eigenvalue weighted by Gasteiger charge is -2.26. The van der Waals surface area contributed by atoms with Crippen LogP contribution in [0.25, 0.3) is 65.8 Å². The zero-order valence-corrected chi connectivity index (χ0v) is 29.0. The van der Waals surface area contributed by atoms with Crippen molar-refractivity contribution in [3.05, 3.63) is 199 Å². The third-order valence-corrected chi connectivity index (χ3v) is 11.1. The maximum Gasteiger partial charge on any atom is 0.137 e. The molecule has 0 saturated heterocycles. The van der Waals surface area contributed by atoms with Gasteiger partial charge in [0.1, 0.15) is 11.2 Å². The molecule has 0 saturated carbocycles. The summed E-state index contributed by atoms with van der Waals surface area (Å²) in [7, 11) is 0. The van der Waals surface area contributed by atoms with E-state index in [-0.39, 0.29) is 0 Å². The highest BCUT2D eigenvalue weighted by Crippen LogP contribution is 2.41. The fourth-order valence-corrected chi connectivity index (χ4v) is 8.62. The zero-order chi connectivity index (χ0) is 34.9. The quantitative estimate of drug-likeness (QED) is 0.181. The summed E-state index contributed by atoms with van der Waals surface area (Å²) in [6.07, 6.45) is 4.55. The Bertz CT molecular complexity index is 3050. The van der Waals surface area contributed by atoms with Crippen molar-refractivity contribution in [3.8, 4) is 5.69 Å². The van der Waals surface area contributed by atoms with E-state index < -0.39 is 0 Å². The lowest BCUT2D eigenvalue weighted by atomic mass is 9.87. The van der Waals surface area contributed by atoms with Crippen molar-refractivity contribution in [3.63, 3.8) is 0 Å².